The fraction of sp³-hybridized carbons (Fsp3) is 0.444. The number of nitrogens with zero attached hydrogens (tertiary/aromatic N) is 2. The number of carbonyl (C=O) groups is 1. The molecule has 0 aliphatic carbocycles. The number of aromatic nitrogens is 2. The molecule has 1 aromatic carbocycles. The number of imidazole rings is 1. The van der Waals surface area contributed by atoms with Crippen LogP contribution in [0.5, 0.6) is 5.75 Å². The van der Waals surface area contributed by atoms with Crippen LogP contribution in [-0.2, 0) is 4.79 Å². The summed E-state index contributed by atoms with van der Waals surface area (Å²) in [6.07, 6.45) is 0.535. The maximum Gasteiger partial charge on any atom is 0.223 e. The van der Waals surface area contributed by atoms with E-state index in [-0.39, 0.29) is 17.9 Å². The van der Waals surface area contributed by atoms with Crippen molar-refractivity contribution in [1.29, 1.82) is 0 Å². The summed E-state index contributed by atoms with van der Waals surface area (Å²) in [7, 11) is 1.66. The first-order valence-electron chi connectivity index (χ1n) is 8.00. The van der Waals surface area contributed by atoms with Gasteiger partial charge in [-0.1, -0.05) is 0 Å². The van der Waals surface area contributed by atoms with Gasteiger partial charge in [0.1, 0.15) is 11.6 Å². The zero-order valence-electron chi connectivity index (χ0n) is 14.1. The quantitative estimate of drug-likeness (QED) is 0.943. The average Bonchev–Trinajstić information content (AvgIpc) is 3.10. The Kier molecular flexibility index (Phi) is 4.11. The molecule has 1 N–H and O–H groups in total. The minimum absolute atomic E-state index is 0.149. The van der Waals surface area contributed by atoms with Crippen LogP contribution >= 0.6 is 0 Å². The zero-order chi connectivity index (χ0) is 16.6. The monoisotopic (exact) mass is 313 g/mol. The van der Waals surface area contributed by atoms with Gasteiger partial charge in [0.2, 0.25) is 5.91 Å². The number of rotatable bonds is 4. The number of carbonyl (C=O) groups excluding carboxylic acids is 1. The molecular weight excluding hydrogens is 290 g/mol. The summed E-state index contributed by atoms with van der Waals surface area (Å²) in [5.41, 5.74) is 3.02. The van der Waals surface area contributed by atoms with E-state index in [0.29, 0.717) is 6.42 Å². The maximum absolute atomic E-state index is 12.1. The highest BCUT2D eigenvalue weighted by Crippen LogP contribution is 2.31. The summed E-state index contributed by atoms with van der Waals surface area (Å²) >= 11 is 0. The van der Waals surface area contributed by atoms with Crippen LogP contribution in [0.25, 0.3) is 11.3 Å². The Balaban J connectivity index is 1.85. The number of amides is 1. The third-order valence-corrected chi connectivity index (χ3v) is 4.43. The van der Waals surface area contributed by atoms with Gasteiger partial charge in [0.05, 0.1) is 12.8 Å². The Bertz CT molecular complexity index is 704. The molecule has 23 heavy (non-hydrogen) atoms. The lowest BCUT2D eigenvalue weighted by Crippen LogP contribution is -2.31. The predicted octanol–water partition coefficient (Wildman–Crippen LogP) is 3.12. The summed E-state index contributed by atoms with van der Waals surface area (Å²) in [6, 6.07) is 8.12. The van der Waals surface area contributed by atoms with E-state index in [2.05, 4.69) is 18.8 Å². The lowest BCUT2D eigenvalue weighted by molar-refractivity contribution is -0.129. The van der Waals surface area contributed by atoms with Gasteiger partial charge in [-0.25, -0.2) is 4.98 Å². The van der Waals surface area contributed by atoms with Crippen molar-refractivity contribution in [1.82, 2.24) is 14.9 Å². The summed E-state index contributed by atoms with van der Waals surface area (Å²) in [4.78, 5) is 22.2. The molecule has 1 amide bonds. The van der Waals surface area contributed by atoms with Gasteiger partial charge < -0.3 is 14.6 Å². The molecule has 122 valence electrons. The van der Waals surface area contributed by atoms with Crippen molar-refractivity contribution in [3.8, 4) is 17.0 Å². The van der Waals surface area contributed by atoms with E-state index < -0.39 is 0 Å². The Morgan fingerprint density at radius 1 is 1.30 bits per heavy atom. The first-order chi connectivity index (χ1) is 11.0. The van der Waals surface area contributed by atoms with Crippen molar-refractivity contribution in [3.63, 3.8) is 0 Å². The standard InChI is InChI=1S/C18H23N3O2/c1-11(2)21-10-14(9-16(21)22)18-19-12(3)17(20-18)13-5-7-15(23-4)8-6-13/h5-8,11,14H,9-10H2,1-4H3,(H,19,20). The molecule has 1 aliphatic rings. The second kappa shape index (κ2) is 6.07. The lowest BCUT2D eigenvalue weighted by Gasteiger charge is -2.20. The van der Waals surface area contributed by atoms with Crippen LogP contribution in [0, 0.1) is 6.92 Å². The SMILES string of the molecule is COc1ccc(-c2nc(C3CC(=O)N(C(C)C)C3)[nH]c2C)cc1. The van der Waals surface area contributed by atoms with E-state index in [9.17, 15) is 4.79 Å². The lowest BCUT2D eigenvalue weighted by atomic mass is 10.1. The first kappa shape index (κ1) is 15.6. The van der Waals surface area contributed by atoms with E-state index in [0.717, 1.165) is 35.1 Å². The predicted molar refractivity (Wildman–Crippen MR) is 89.5 cm³/mol. The van der Waals surface area contributed by atoms with Crippen molar-refractivity contribution in [2.24, 2.45) is 0 Å². The summed E-state index contributed by atoms with van der Waals surface area (Å²) in [6.45, 7) is 6.87. The molecule has 2 aromatic rings. The largest absolute Gasteiger partial charge is 0.497 e. The van der Waals surface area contributed by atoms with Gasteiger partial charge in [-0.3, -0.25) is 4.79 Å². The molecule has 5 nitrogen and oxygen atoms in total. The highest BCUT2D eigenvalue weighted by Gasteiger charge is 2.34. The van der Waals surface area contributed by atoms with Gasteiger partial charge in [0, 0.05) is 36.2 Å². The minimum atomic E-state index is 0.149. The van der Waals surface area contributed by atoms with Gasteiger partial charge in [0.25, 0.3) is 0 Å². The van der Waals surface area contributed by atoms with Crippen molar-refractivity contribution >= 4 is 5.91 Å². The number of nitrogens with one attached hydrogen (secondary N) is 1. The molecule has 1 fully saturated rings. The summed E-state index contributed by atoms with van der Waals surface area (Å²) < 4.78 is 5.20. The molecule has 1 aliphatic heterocycles. The maximum atomic E-state index is 12.1. The fourth-order valence-corrected chi connectivity index (χ4v) is 3.12. The Labute approximate surface area is 136 Å². The van der Waals surface area contributed by atoms with Crippen LogP contribution < -0.4 is 4.74 Å². The van der Waals surface area contributed by atoms with E-state index >= 15 is 0 Å². The average molecular weight is 313 g/mol. The number of aryl methyl sites for hydroxylation is 1. The molecule has 1 unspecified atom stereocenters. The van der Waals surface area contributed by atoms with Crippen LogP contribution in [-0.4, -0.2) is 40.5 Å². The second-order valence-corrected chi connectivity index (χ2v) is 6.37. The Morgan fingerprint density at radius 3 is 2.57 bits per heavy atom. The Morgan fingerprint density at radius 2 is 2.00 bits per heavy atom. The number of benzene rings is 1. The molecule has 0 saturated carbocycles. The van der Waals surface area contributed by atoms with Crippen LogP contribution in [0.2, 0.25) is 0 Å². The van der Waals surface area contributed by atoms with Gasteiger partial charge in [-0.05, 0) is 45.0 Å². The van der Waals surface area contributed by atoms with Gasteiger partial charge in [0.15, 0.2) is 0 Å². The highest BCUT2D eigenvalue weighted by molar-refractivity contribution is 5.80. The number of hydrogen-bond donors (Lipinski definition) is 1. The van der Waals surface area contributed by atoms with Crippen LogP contribution in [0.3, 0.4) is 0 Å². The highest BCUT2D eigenvalue weighted by atomic mass is 16.5. The van der Waals surface area contributed by atoms with Crippen molar-refractivity contribution in [2.45, 2.75) is 39.2 Å². The minimum Gasteiger partial charge on any atom is -0.497 e. The number of H-pyrrole nitrogens is 1. The third kappa shape index (κ3) is 2.96. The third-order valence-electron chi connectivity index (χ3n) is 4.43. The summed E-state index contributed by atoms with van der Waals surface area (Å²) in [5, 5.41) is 0. The van der Waals surface area contributed by atoms with Gasteiger partial charge in [-0.2, -0.15) is 0 Å². The molecule has 5 heteroatoms. The zero-order valence-corrected chi connectivity index (χ0v) is 14.1. The topological polar surface area (TPSA) is 58.2 Å². The molecule has 0 bridgehead atoms. The van der Waals surface area contributed by atoms with E-state index in [1.54, 1.807) is 7.11 Å². The molecule has 3 rings (SSSR count). The van der Waals surface area contributed by atoms with Crippen molar-refractivity contribution < 1.29 is 9.53 Å². The molecule has 0 radical (unpaired) electrons. The molecule has 1 saturated heterocycles. The smallest absolute Gasteiger partial charge is 0.223 e. The number of aromatic amines is 1. The first-order valence-corrected chi connectivity index (χ1v) is 8.00. The van der Waals surface area contributed by atoms with Crippen molar-refractivity contribution in [2.75, 3.05) is 13.7 Å². The van der Waals surface area contributed by atoms with E-state index in [1.165, 1.54) is 0 Å². The normalized spacial score (nSPS) is 18.0. The van der Waals surface area contributed by atoms with Crippen LogP contribution in [0.1, 0.15) is 37.7 Å². The fourth-order valence-electron chi connectivity index (χ4n) is 3.12. The van der Waals surface area contributed by atoms with Crippen LogP contribution in [0.4, 0.5) is 0 Å². The number of ether oxygens (including phenoxy) is 1. The molecule has 1 aromatic heterocycles. The van der Waals surface area contributed by atoms with Gasteiger partial charge >= 0.3 is 0 Å². The number of likely N-dealkylation sites (tertiary alicyclic amines) is 1. The second-order valence-electron chi connectivity index (χ2n) is 6.37. The number of hydrogen-bond acceptors (Lipinski definition) is 3. The van der Waals surface area contributed by atoms with Crippen LogP contribution in [0.15, 0.2) is 24.3 Å². The molecular formula is C18H23N3O2. The van der Waals surface area contributed by atoms with Gasteiger partial charge in [-0.15, -0.1) is 0 Å². The molecule has 2 heterocycles. The van der Waals surface area contributed by atoms with E-state index in [4.69, 9.17) is 9.72 Å². The van der Waals surface area contributed by atoms with E-state index in [1.807, 2.05) is 36.1 Å². The molecule has 1 atom stereocenters. The Hall–Kier alpha value is -2.30. The molecule has 0 spiro atoms. The number of methoxy groups -OCH3 is 1. The summed E-state index contributed by atoms with van der Waals surface area (Å²) in [5.74, 6) is 2.10. The van der Waals surface area contributed by atoms with Crippen molar-refractivity contribution in [3.05, 3.63) is 35.8 Å².